The molecule has 0 aliphatic heterocycles. The van der Waals surface area contributed by atoms with Gasteiger partial charge in [-0.05, 0) is 11.6 Å². The van der Waals surface area contributed by atoms with Gasteiger partial charge in [0.15, 0.2) is 0 Å². The summed E-state index contributed by atoms with van der Waals surface area (Å²) in [6.45, 7) is 0.0308. The van der Waals surface area contributed by atoms with E-state index in [2.05, 4.69) is 15.0 Å². The standard InChI is InChI=1S/C9H6ClF3N4/c10-8-6(2-1-3-16-17-14)4-7(5-15-8)9(11,12)13/h1-2,4-5H,3H2. The second kappa shape index (κ2) is 5.56. The molecule has 1 heterocycles. The van der Waals surface area contributed by atoms with Gasteiger partial charge in [0.05, 0.1) is 5.56 Å². The molecule has 0 unspecified atom stereocenters. The SMILES string of the molecule is [N-]=[N+]=NCC=Cc1cc(C(F)(F)F)cnc1Cl. The molecular weight excluding hydrogens is 257 g/mol. The van der Waals surface area contributed by atoms with Crippen molar-refractivity contribution in [2.24, 2.45) is 5.11 Å². The summed E-state index contributed by atoms with van der Waals surface area (Å²) in [6, 6.07) is 0.877. The van der Waals surface area contributed by atoms with Crippen LogP contribution in [0, 0.1) is 0 Å². The number of alkyl halides is 3. The van der Waals surface area contributed by atoms with Crippen LogP contribution in [-0.2, 0) is 6.18 Å². The first kappa shape index (κ1) is 13.3. The van der Waals surface area contributed by atoms with E-state index in [0.29, 0.717) is 6.20 Å². The average Bonchev–Trinajstić information content (AvgIpc) is 2.25. The fourth-order valence-corrected chi connectivity index (χ4v) is 1.17. The first-order valence-electron chi connectivity index (χ1n) is 4.35. The zero-order chi connectivity index (χ0) is 12.9. The molecule has 0 saturated carbocycles. The van der Waals surface area contributed by atoms with Crippen molar-refractivity contribution in [2.75, 3.05) is 6.54 Å². The molecule has 90 valence electrons. The van der Waals surface area contributed by atoms with Crippen LogP contribution in [-0.4, -0.2) is 11.5 Å². The monoisotopic (exact) mass is 262 g/mol. The molecular formula is C9H6ClF3N4. The summed E-state index contributed by atoms with van der Waals surface area (Å²) in [7, 11) is 0. The molecule has 17 heavy (non-hydrogen) atoms. The number of rotatable bonds is 3. The van der Waals surface area contributed by atoms with Crippen LogP contribution in [0.3, 0.4) is 0 Å². The van der Waals surface area contributed by atoms with Crippen molar-refractivity contribution in [2.45, 2.75) is 6.18 Å². The Bertz CT molecular complexity index is 478. The molecule has 0 aliphatic rings. The number of aromatic nitrogens is 1. The van der Waals surface area contributed by atoms with Gasteiger partial charge in [-0.25, -0.2) is 4.98 Å². The Hall–Kier alpha value is -1.72. The summed E-state index contributed by atoms with van der Waals surface area (Å²) < 4.78 is 37.1. The molecule has 0 bridgehead atoms. The summed E-state index contributed by atoms with van der Waals surface area (Å²) in [5.41, 5.74) is 7.24. The Morgan fingerprint density at radius 2 is 2.24 bits per heavy atom. The predicted molar refractivity (Wildman–Crippen MR) is 57.3 cm³/mol. The van der Waals surface area contributed by atoms with E-state index in [1.807, 2.05) is 0 Å². The van der Waals surface area contributed by atoms with E-state index in [1.165, 1.54) is 12.2 Å². The maximum absolute atomic E-state index is 12.4. The minimum absolute atomic E-state index is 0.0308. The van der Waals surface area contributed by atoms with Gasteiger partial charge in [0.2, 0.25) is 0 Å². The summed E-state index contributed by atoms with van der Waals surface area (Å²) in [5, 5.41) is 3.15. The third kappa shape index (κ3) is 3.97. The van der Waals surface area contributed by atoms with Gasteiger partial charge >= 0.3 is 6.18 Å². The highest BCUT2D eigenvalue weighted by Crippen LogP contribution is 2.30. The smallest absolute Gasteiger partial charge is 0.243 e. The fourth-order valence-electron chi connectivity index (χ4n) is 1.00. The number of pyridine rings is 1. The summed E-state index contributed by atoms with van der Waals surface area (Å²) in [5.74, 6) is 0. The molecule has 0 amide bonds. The predicted octanol–water partition coefficient (Wildman–Crippen LogP) is 4.08. The summed E-state index contributed by atoms with van der Waals surface area (Å²) in [4.78, 5) is 5.93. The molecule has 0 N–H and O–H groups in total. The van der Waals surface area contributed by atoms with E-state index in [1.54, 1.807) is 0 Å². The molecule has 8 heteroatoms. The number of halogens is 4. The van der Waals surface area contributed by atoms with Crippen LogP contribution in [0.5, 0.6) is 0 Å². The highest BCUT2D eigenvalue weighted by Gasteiger charge is 2.31. The summed E-state index contributed by atoms with van der Waals surface area (Å²) >= 11 is 5.63. The largest absolute Gasteiger partial charge is 0.417 e. The molecule has 1 aromatic heterocycles. The summed E-state index contributed by atoms with van der Waals surface area (Å²) in [6.07, 6.45) is -1.10. The molecule has 1 rings (SSSR count). The van der Waals surface area contributed by atoms with Crippen molar-refractivity contribution in [1.29, 1.82) is 0 Å². The molecule has 4 nitrogen and oxygen atoms in total. The van der Waals surface area contributed by atoms with Crippen molar-refractivity contribution in [3.63, 3.8) is 0 Å². The lowest BCUT2D eigenvalue weighted by atomic mass is 10.2. The second-order valence-electron chi connectivity index (χ2n) is 2.92. The maximum atomic E-state index is 12.4. The van der Waals surface area contributed by atoms with Crippen molar-refractivity contribution in [3.05, 3.63) is 45.1 Å². The van der Waals surface area contributed by atoms with Gasteiger partial charge in [0.1, 0.15) is 5.15 Å². The lowest BCUT2D eigenvalue weighted by Crippen LogP contribution is -2.05. The van der Waals surface area contributed by atoms with Crippen molar-refractivity contribution in [1.82, 2.24) is 4.98 Å². The average molecular weight is 263 g/mol. The van der Waals surface area contributed by atoms with E-state index in [9.17, 15) is 13.2 Å². The molecule has 0 spiro atoms. The lowest BCUT2D eigenvalue weighted by Gasteiger charge is -2.07. The van der Waals surface area contributed by atoms with Gasteiger partial charge in [-0.2, -0.15) is 13.2 Å². The van der Waals surface area contributed by atoms with Crippen molar-refractivity contribution < 1.29 is 13.2 Å². The maximum Gasteiger partial charge on any atom is 0.417 e. The van der Waals surface area contributed by atoms with Crippen LogP contribution >= 0.6 is 11.6 Å². The molecule has 0 atom stereocenters. The van der Waals surface area contributed by atoms with E-state index >= 15 is 0 Å². The highest BCUT2D eigenvalue weighted by atomic mass is 35.5. The van der Waals surface area contributed by atoms with Gasteiger partial charge in [0.25, 0.3) is 0 Å². The molecule has 0 aromatic carbocycles. The van der Waals surface area contributed by atoms with Gasteiger partial charge in [-0.3, -0.25) is 0 Å². The number of hydrogen-bond acceptors (Lipinski definition) is 2. The van der Waals surface area contributed by atoms with Crippen LogP contribution in [0.2, 0.25) is 5.15 Å². The minimum Gasteiger partial charge on any atom is -0.243 e. The van der Waals surface area contributed by atoms with Gasteiger partial charge in [0, 0.05) is 23.2 Å². The molecule has 1 aromatic rings. The van der Waals surface area contributed by atoms with Crippen LogP contribution in [0.4, 0.5) is 13.2 Å². The zero-order valence-electron chi connectivity index (χ0n) is 8.32. The number of nitrogens with zero attached hydrogens (tertiary/aromatic N) is 4. The van der Waals surface area contributed by atoms with Gasteiger partial charge in [-0.15, -0.1) is 0 Å². The number of azide groups is 1. The normalized spacial score (nSPS) is 11.5. The lowest BCUT2D eigenvalue weighted by molar-refractivity contribution is -0.137. The molecule has 0 saturated heterocycles. The van der Waals surface area contributed by atoms with E-state index in [-0.39, 0.29) is 17.3 Å². The van der Waals surface area contributed by atoms with Crippen LogP contribution in [0.1, 0.15) is 11.1 Å². The van der Waals surface area contributed by atoms with Crippen molar-refractivity contribution >= 4 is 17.7 Å². The third-order valence-electron chi connectivity index (χ3n) is 1.74. The third-order valence-corrected chi connectivity index (χ3v) is 2.06. The minimum atomic E-state index is -4.47. The van der Waals surface area contributed by atoms with Crippen LogP contribution in [0.15, 0.2) is 23.5 Å². The van der Waals surface area contributed by atoms with Crippen molar-refractivity contribution in [3.8, 4) is 0 Å². The highest BCUT2D eigenvalue weighted by molar-refractivity contribution is 6.30. The topological polar surface area (TPSA) is 61.7 Å². The van der Waals surface area contributed by atoms with Crippen LogP contribution in [0.25, 0.3) is 16.5 Å². The van der Waals surface area contributed by atoms with E-state index in [0.717, 1.165) is 6.07 Å². The quantitative estimate of drug-likeness (QED) is 0.350. The Balaban J connectivity index is 2.99. The Morgan fingerprint density at radius 3 is 2.82 bits per heavy atom. The van der Waals surface area contributed by atoms with Crippen LogP contribution < -0.4 is 0 Å². The van der Waals surface area contributed by atoms with Gasteiger partial charge in [-0.1, -0.05) is 28.9 Å². The van der Waals surface area contributed by atoms with E-state index in [4.69, 9.17) is 17.1 Å². The second-order valence-corrected chi connectivity index (χ2v) is 3.28. The molecule has 0 radical (unpaired) electrons. The Kier molecular flexibility index (Phi) is 4.37. The fraction of sp³-hybridized carbons (Fsp3) is 0.222. The first-order valence-corrected chi connectivity index (χ1v) is 4.73. The Morgan fingerprint density at radius 1 is 1.53 bits per heavy atom. The number of hydrogen-bond donors (Lipinski definition) is 0. The zero-order valence-corrected chi connectivity index (χ0v) is 9.07. The molecule has 0 fully saturated rings. The Labute approximate surface area is 99.4 Å². The van der Waals surface area contributed by atoms with E-state index < -0.39 is 11.7 Å². The van der Waals surface area contributed by atoms with Gasteiger partial charge < -0.3 is 0 Å². The molecule has 0 aliphatic carbocycles. The first-order chi connectivity index (χ1) is 7.95.